The Balaban J connectivity index is 1.44. The third kappa shape index (κ3) is 3.10. The molecular formula is C21H20O5. The number of carbonyl (C=O) groups excluding carboxylic acids is 2. The summed E-state index contributed by atoms with van der Waals surface area (Å²) in [7, 11) is 0. The number of aliphatic hydroxyl groups excluding tert-OH is 1. The Labute approximate surface area is 151 Å². The van der Waals surface area contributed by atoms with E-state index in [9.17, 15) is 14.7 Å². The quantitative estimate of drug-likeness (QED) is 0.857. The molecule has 4 rings (SSSR count). The van der Waals surface area contributed by atoms with E-state index in [1.807, 2.05) is 42.5 Å². The molecular weight excluding hydrogens is 332 g/mol. The molecule has 2 aliphatic rings. The first-order valence-electron chi connectivity index (χ1n) is 8.82. The Morgan fingerprint density at radius 3 is 2.46 bits per heavy atom. The number of hydrogen-bond donors (Lipinski definition) is 1. The van der Waals surface area contributed by atoms with E-state index < -0.39 is 12.1 Å². The first-order chi connectivity index (χ1) is 12.7. The van der Waals surface area contributed by atoms with E-state index in [1.54, 1.807) is 12.1 Å². The number of esters is 2. The van der Waals surface area contributed by atoms with Gasteiger partial charge in [0, 0.05) is 24.9 Å². The van der Waals surface area contributed by atoms with E-state index in [1.165, 1.54) is 0 Å². The number of ether oxygens (including phenoxy) is 2. The summed E-state index contributed by atoms with van der Waals surface area (Å²) >= 11 is 0. The van der Waals surface area contributed by atoms with Gasteiger partial charge in [-0.1, -0.05) is 42.5 Å². The van der Waals surface area contributed by atoms with Gasteiger partial charge in [-0.05, 0) is 23.3 Å². The molecule has 1 N–H and O–H groups in total. The Bertz CT molecular complexity index is 799. The van der Waals surface area contributed by atoms with E-state index >= 15 is 0 Å². The van der Waals surface area contributed by atoms with Crippen molar-refractivity contribution in [2.24, 2.45) is 11.8 Å². The van der Waals surface area contributed by atoms with E-state index in [-0.39, 0.29) is 36.9 Å². The molecule has 1 aliphatic carbocycles. The molecule has 26 heavy (non-hydrogen) atoms. The number of rotatable bonds is 4. The number of benzene rings is 2. The Kier molecular flexibility index (Phi) is 4.47. The maximum atomic E-state index is 12.5. The van der Waals surface area contributed by atoms with Crippen molar-refractivity contribution in [3.63, 3.8) is 0 Å². The highest BCUT2D eigenvalue weighted by atomic mass is 16.6. The Hall–Kier alpha value is -2.66. The maximum absolute atomic E-state index is 12.5. The number of fused-ring (bicyclic) bond motifs is 1. The summed E-state index contributed by atoms with van der Waals surface area (Å²) in [6.45, 7) is -0.122. The topological polar surface area (TPSA) is 72.8 Å². The van der Waals surface area contributed by atoms with Gasteiger partial charge in [0.25, 0.3) is 0 Å². The second-order valence-corrected chi connectivity index (χ2v) is 6.87. The lowest BCUT2D eigenvalue weighted by molar-refractivity contribution is -0.141. The lowest BCUT2D eigenvalue weighted by Gasteiger charge is -2.20. The van der Waals surface area contributed by atoms with Crippen molar-refractivity contribution in [1.29, 1.82) is 0 Å². The molecule has 2 fully saturated rings. The summed E-state index contributed by atoms with van der Waals surface area (Å²) in [6, 6.07) is 17.2. The van der Waals surface area contributed by atoms with Crippen LogP contribution in [0.15, 0.2) is 54.6 Å². The molecule has 1 saturated carbocycles. The Morgan fingerprint density at radius 2 is 1.77 bits per heavy atom. The highest BCUT2D eigenvalue weighted by Crippen LogP contribution is 2.42. The standard InChI is InChI=1S/C21H20O5/c22-12-17-16-10-20(23)25-18(16)11-19(17)26-21(24)15-8-6-14(7-9-15)13-4-2-1-3-5-13/h1-9,16-19,22H,10-12H2/t16?,17-,18?,19-/m1/s1. The third-order valence-corrected chi connectivity index (χ3v) is 5.35. The second kappa shape index (κ2) is 6.92. The van der Waals surface area contributed by atoms with Crippen molar-refractivity contribution >= 4 is 11.9 Å². The van der Waals surface area contributed by atoms with Crippen molar-refractivity contribution in [1.82, 2.24) is 0 Å². The zero-order chi connectivity index (χ0) is 18.1. The maximum Gasteiger partial charge on any atom is 0.338 e. The largest absolute Gasteiger partial charge is 0.462 e. The smallest absolute Gasteiger partial charge is 0.338 e. The van der Waals surface area contributed by atoms with Crippen molar-refractivity contribution in [3.05, 3.63) is 60.2 Å². The molecule has 0 aromatic heterocycles. The van der Waals surface area contributed by atoms with Crippen molar-refractivity contribution in [2.75, 3.05) is 6.61 Å². The van der Waals surface area contributed by atoms with Crippen LogP contribution in [0.4, 0.5) is 0 Å². The van der Waals surface area contributed by atoms with Crippen LogP contribution in [-0.2, 0) is 14.3 Å². The molecule has 2 unspecified atom stereocenters. The first kappa shape index (κ1) is 16.8. The molecule has 1 heterocycles. The van der Waals surface area contributed by atoms with Crippen LogP contribution < -0.4 is 0 Å². The molecule has 5 heteroatoms. The van der Waals surface area contributed by atoms with Gasteiger partial charge in [0.15, 0.2) is 0 Å². The lowest BCUT2D eigenvalue weighted by Crippen LogP contribution is -2.28. The van der Waals surface area contributed by atoms with Crippen LogP contribution in [0.2, 0.25) is 0 Å². The van der Waals surface area contributed by atoms with E-state index in [4.69, 9.17) is 9.47 Å². The van der Waals surface area contributed by atoms with Gasteiger partial charge in [0.2, 0.25) is 0 Å². The summed E-state index contributed by atoms with van der Waals surface area (Å²) in [4.78, 5) is 23.9. The number of aliphatic hydroxyl groups is 1. The average Bonchev–Trinajstić information content (AvgIpc) is 3.17. The summed E-state index contributed by atoms with van der Waals surface area (Å²) in [6.07, 6.45) is 0.0628. The molecule has 134 valence electrons. The summed E-state index contributed by atoms with van der Waals surface area (Å²) in [5.41, 5.74) is 2.58. The van der Waals surface area contributed by atoms with Gasteiger partial charge in [-0.3, -0.25) is 4.79 Å². The van der Waals surface area contributed by atoms with E-state index in [2.05, 4.69) is 0 Å². The molecule has 2 aromatic carbocycles. The fourth-order valence-electron chi connectivity index (χ4n) is 3.98. The van der Waals surface area contributed by atoms with Gasteiger partial charge >= 0.3 is 11.9 Å². The Morgan fingerprint density at radius 1 is 1.08 bits per heavy atom. The first-order valence-corrected chi connectivity index (χ1v) is 8.82. The lowest BCUT2D eigenvalue weighted by atomic mass is 9.93. The van der Waals surface area contributed by atoms with Crippen molar-refractivity contribution < 1.29 is 24.2 Å². The summed E-state index contributed by atoms with van der Waals surface area (Å²) < 4.78 is 10.9. The van der Waals surface area contributed by atoms with Crippen LogP contribution >= 0.6 is 0 Å². The van der Waals surface area contributed by atoms with Gasteiger partial charge in [0.05, 0.1) is 12.0 Å². The average molecular weight is 352 g/mol. The zero-order valence-corrected chi connectivity index (χ0v) is 14.2. The van der Waals surface area contributed by atoms with Crippen LogP contribution in [0.1, 0.15) is 23.2 Å². The second-order valence-electron chi connectivity index (χ2n) is 6.87. The van der Waals surface area contributed by atoms with Gasteiger partial charge in [-0.25, -0.2) is 4.79 Å². The molecule has 1 saturated heterocycles. The molecule has 4 atom stereocenters. The van der Waals surface area contributed by atoms with E-state index in [0.717, 1.165) is 11.1 Å². The van der Waals surface area contributed by atoms with E-state index in [0.29, 0.717) is 12.0 Å². The molecule has 0 radical (unpaired) electrons. The van der Waals surface area contributed by atoms with Crippen LogP contribution in [0, 0.1) is 11.8 Å². The van der Waals surface area contributed by atoms with Crippen LogP contribution in [0.25, 0.3) is 11.1 Å². The molecule has 5 nitrogen and oxygen atoms in total. The predicted molar refractivity (Wildman–Crippen MR) is 94.3 cm³/mol. The molecule has 2 aromatic rings. The van der Waals surface area contributed by atoms with Crippen molar-refractivity contribution in [2.45, 2.75) is 25.0 Å². The molecule has 0 amide bonds. The minimum atomic E-state index is -0.426. The van der Waals surface area contributed by atoms with Gasteiger partial charge in [0.1, 0.15) is 12.2 Å². The highest BCUT2D eigenvalue weighted by Gasteiger charge is 2.51. The third-order valence-electron chi connectivity index (χ3n) is 5.35. The monoisotopic (exact) mass is 352 g/mol. The molecule has 0 spiro atoms. The fraction of sp³-hybridized carbons (Fsp3) is 0.333. The SMILES string of the molecule is O=C1CC2C(C[C@@H](OC(=O)c3ccc(-c4ccccc4)cc3)[C@@H]2CO)O1. The number of hydrogen-bond acceptors (Lipinski definition) is 5. The predicted octanol–water partition coefficient (Wildman–Crippen LogP) is 2.82. The number of carbonyl (C=O) groups is 2. The van der Waals surface area contributed by atoms with Crippen LogP contribution in [-0.4, -0.2) is 35.9 Å². The van der Waals surface area contributed by atoms with Crippen LogP contribution in [0.3, 0.4) is 0 Å². The van der Waals surface area contributed by atoms with Crippen LogP contribution in [0.5, 0.6) is 0 Å². The summed E-state index contributed by atoms with van der Waals surface area (Å²) in [5.74, 6) is -0.969. The van der Waals surface area contributed by atoms with Gasteiger partial charge in [-0.15, -0.1) is 0 Å². The zero-order valence-electron chi connectivity index (χ0n) is 14.2. The van der Waals surface area contributed by atoms with Gasteiger partial charge in [-0.2, -0.15) is 0 Å². The molecule has 0 bridgehead atoms. The minimum Gasteiger partial charge on any atom is -0.462 e. The molecule has 1 aliphatic heterocycles. The highest BCUT2D eigenvalue weighted by molar-refractivity contribution is 5.90. The summed E-state index contributed by atoms with van der Waals surface area (Å²) in [5, 5.41) is 9.66. The van der Waals surface area contributed by atoms with Gasteiger partial charge < -0.3 is 14.6 Å². The van der Waals surface area contributed by atoms with Crippen molar-refractivity contribution in [3.8, 4) is 11.1 Å². The minimum absolute atomic E-state index is 0.0641. The normalized spacial score (nSPS) is 27.0. The fourth-order valence-corrected chi connectivity index (χ4v) is 3.98.